The number of aryl methyl sites for hydroxylation is 1. The summed E-state index contributed by atoms with van der Waals surface area (Å²) < 4.78 is 1.93. The van der Waals surface area contributed by atoms with Gasteiger partial charge in [0, 0.05) is 32.2 Å². The second-order valence-corrected chi connectivity index (χ2v) is 10.7. The van der Waals surface area contributed by atoms with Gasteiger partial charge in [0.1, 0.15) is 5.82 Å². The number of hydrogen-bond acceptors (Lipinski definition) is 6. The van der Waals surface area contributed by atoms with Crippen LogP contribution in [0.25, 0.3) is 16.7 Å². The molecule has 7 rings (SSSR count). The molecule has 1 aliphatic heterocycles. The Kier molecular flexibility index (Phi) is 7.08. The second-order valence-electron chi connectivity index (χ2n) is 10.7. The summed E-state index contributed by atoms with van der Waals surface area (Å²) in [7, 11) is 0. The van der Waals surface area contributed by atoms with E-state index in [2.05, 4.69) is 94.0 Å². The van der Waals surface area contributed by atoms with Gasteiger partial charge in [-0.15, -0.1) is 0 Å². The van der Waals surface area contributed by atoms with Gasteiger partial charge in [0.2, 0.25) is 0 Å². The first-order chi connectivity index (χ1) is 20.7. The van der Waals surface area contributed by atoms with Crippen molar-refractivity contribution in [2.75, 3.05) is 36.4 Å². The Morgan fingerprint density at radius 1 is 0.643 bits per heavy atom. The number of benzene rings is 4. The van der Waals surface area contributed by atoms with Crippen molar-refractivity contribution in [3.8, 4) is 5.69 Å². The van der Waals surface area contributed by atoms with Crippen LogP contribution in [-0.4, -0.2) is 50.8 Å². The van der Waals surface area contributed by atoms with Crippen molar-refractivity contribution < 1.29 is 0 Å². The molecular weight excluding hydrogens is 518 g/mol. The van der Waals surface area contributed by atoms with E-state index < -0.39 is 0 Å². The monoisotopic (exact) mass is 551 g/mol. The standard InChI is InChI=1S/C35H33N7/c1-26-25-32(42(39-26)29-17-9-4-10-18-29)38-34-35(37-31-20-12-11-19-30(31)36-34)41-23-21-40(22-24-41)33(27-13-5-2-6-14-27)28-15-7-3-8-16-28/h2-20,25,33H,21-24H2,1H3,(H,36,38). The van der Waals surface area contributed by atoms with Crippen molar-refractivity contribution in [2.45, 2.75) is 13.0 Å². The van der Waals surface area contributed by atoms with Gasteiger partial charge in [0.05, 0.1) is 28.5 Å². The summed E-state index contributed by atoms with van der Waals surface area (Å²) in [6.45, 7) is 5.50. The van der Waals surface area contributed by atoms with E-state index in [1.165, 1.54) is 11.1 Å². The van der Waals surface area contributed by atoms with Gasteiger partial charge in [0.15, 0.2) is 11.6 Å². The minimum Gasteiger partial charge on any atom is -0.351 e. The molecule has 1 N–H and O–H groups in total. The summed E-state index contributed by atoms with van der Waals surface area (Å²) in [4.78, 5) is 15.2. The molecule has 208 valence electrons. The first kappa shape index (κ1) is 25.9. The van der Waals surface area contributed by atoms with Crippen LogP contribution in [0.3, 0.4) is 0 Å². The Morgan fingerprint density at radius 2 is 1.19 bits per heavy atom. The number of anilines is 3. The third-order valence-electron chi connectivity index (χ3n) is 7.84. The van der Waals surface area contributed by atoms with E-state index in [0.717, 1.165) is 66.0 Å². The molecule has 0 aliphatic carbocycles. The smallest absolute Gasteiger partial charge is 0.175 e. The van der Waals surface area contributed by atoms with Gasteiger partial charge in [0.25, 0.3) is 0 Å². The molecule has 0 atom stereocenters. The third-order valence-corrected chi connectivity index (χ3v) is 7.84. The van der Waals surface area contributed by atoms with Gasteiger partial charge in [-0.3, -0.25) is 4.90 Å². The molecule has 0 unspecified atom stereocenters. The lowest BCUT2D eigenvalue weighted by Crippen LogP contribution is -2.48. The fourth-order valence-corrected chi connectivity index (χ4v) is 5.85. The van der Waals surface area contributed by atoms with Crippen LogP contribution in [0.15, 0.2) is 121 Å². The minimum absolute atomic E-state index is 0.207. The van der Waals surface area contributed by atoms with Gasteiger partial charge >= 0.3 is 0 Å². The Hall–Kier alpha value is -5.01. The molecular formula is C35H33N7. The normalized spacial score (nSPS) is 14.0. The van der Waals surface area contributed by atoms with Crippen LogP contribution in [0.5, 0.6) is 0 Å². The van der Waals surface area contributed by atoms with Crippen LogP contribution in [0.1, 0.15) is 22.9 Å². The molecule has 7 heteroatoms. The largest absolute Gasteiger partial charge is 0.351 e. The molecule has 4 aromatic carbocycles. The van der Waals surface area contributed by atoms with Crippen LogP contribution >= 0.6 is 0 Å². The molecule has 6 aromatic rings. The third kappa shape index (κ3) is 5.22. The van der Waals surface area contributed by atoms with Gasteiger partial charge in [-0.2, -0.15) is 5.10 Å². The molecule has 42 heavy (non-hydrogen) atoms. The minimum atomic E-state index is 0.207. The number of aromatic nitrogens is 4. The van der Waals surface area contributed by atoms with Gasteiger partial charge in [-0.1, -0.05) is 91.0 Å². The summed E-state index contributed by atoms with van der Waals surface area (Å²) in [6, 6.07) is 42.1. The van der Waals surface area contributed by atoms with E-state index in [9.17, 15) is 0 Å². The highest BCUT2D eigenvalue weighted by atomic mass is 15.4. The molecule has 7 nitrogen and oxygen atoms in total. The van der Waals surface area contributed by atoms with Crippen molar-refractivity contribution in [3.63, 3.8) is 0 Å². The Balaban J connectivity index is 1.20. The molecule has 3 heterocycles. The van der Waals surface area contributed by atoms with E-state index in [1.54, 1.807) is 0 Å². The first-order valence-electron chi connectivity index (χ1n) is 14.5. The molecule has 0 radical (unpaired) electrons. The quantitative estimate of drug-likeness (QED) is 0.236. The Bertz CT molecular complexity index is 1740. The molecule has 2 aromatic heterocycles. The molecule has 0 saturated carbocycles. The fraction of sp³-hybridized carbons (Fsp3) is 0.171. The highest BCUT2D eigenvalue weighted by Gasteiger charge is 2.28. The van der Waals surface area contributed by atoms with Crippen LogP contribution in [0, 0.1) is 6.92 Å². The molecule has 1 saturated heterocycles. The van der Waals surface area contributed by atoms with Crippen molar-refractivity contribution >= 4 is 28.5 Å². The number of para-hydroxylation sites is 3. The highest BCUT2D eigenvalue weighted by molar-refractivity contribution is 5.82. The topological polar surface area (TPSA) is 62.1 Å². The van der Waals surface area contributed by atoms with Crippen LogP contribution in [-0.2, 0) is 0 Å². The number of nitrogens with one attached hydrogen (secondary N) is 1. The number of fused-ring (bicyclic) bond motifs is 1. The lowest BCUT2D eigenvalue weighted by Gasteiger charge is -2.40. The van der Waals surface area contributed by atoms with Gasteiger partial charge in [-0.25, -0.2) is 14.6 Å². The number of nitrogens with zero attached hydrogens (tertiary/aromatic N) is 6. The van der Waals surface area contributed by atoms with Crippen LogP contribution in [0.2, 0.25) is 0 Å². The van der Waals surface area contributed by atoms with E-state index >= 15 is 0 Å². The van der Waals surface area contributed by atoms with Gasteiger partial charge < -0.3 is 10.2 Å². The predicted octanol–water partition coefficient (Wildman–Crippen LogP) is 6.78. The number of piperazine rings is 1. The van der Waals surface area contributed by atoms with Crippen molar-refractivity contribution in [2.24, 2.45) is 0 Å². The summed E-state index contributed by atoms with van der Waals surface area (Å²) in [5.41, 5.74) is 6.30. The SMILES string of the molecule is Cc1cc(Nc2nc3ccccc3nc2N2CCN(C(c3ccccc3)c3ccccc3)CC2)n(-c2ccccc2)n1. The maximum absolute atomic E-state index is 5.14. The average molecular weight is 552 g/mol. The summed E-state index contributed by atoms with van der Waals surface area (Å²) in [6.07, 6.45) is 0. The lowest BCUT2D eigenvalue weighted by molar-refractivity contribution is 0.212. The zero-order valence-corrected chi connectivity index (χ0v) is 23.6. The average Bonchev–Trinajstić information content (AvgIpc) is 3.42. The number of rotatable bonds is 7. The molecule has 0 bridgehead atoms. The van der Waals surface area contributed by atoms with Crippen LogP contribution < -0.4 is 10.2 Å². The van der Waals surface area contributed by atoms with Gasteiger partial charge in [-0.05, 0) is 42.3 Å². The van der Waals surface area contributed by atoms with Crippen molar-refractivity contribution in [1.82, 2.24) is 24.6 Å². The van der Waals surface area contributed by atoms with E-state index in [-0.39, 0.29) is 6.04 Å². The summed E-state index contributed by atoms with van der Waals surface area (Å²) in [5, 5.41) is 8.36. The number of hydrogen-bond donors (Lipinski definition) is 1. The predicted molar refractivity (Wildman–Crippen MR) is 170 cm³/mol. The van der Waals surface area contributed by atoms with E-state index in [1.807, 2.05) is 54.1 Å². The fourth-order valence-electron chi connectivity index (χ4n) is 5.85. The first-order valence-corrected chi connectivity index (χ1v) is 14.5. The molecule has 0 amide bonds. The Labute approximate surface area is 246 Å². The maximum atomic E-state index is 5.14. The molecule has 1 fully saturated rings. The Morgan fingerprint density at radius 3 is 1.81 bits per heavy atom. The zero-order chi connectivity index (χ0) is 28.3. The zero-order valence-electron chi connectivity index (χ0n) is 23.6. The maximum Gasteiger partial charge on any atom is 0.175 e. The molecule has 1 aliphatic rings. The van der Waals surface area contributed by atoms with E-state index in [0.29, 0.717) is 0 Å². The van der Waals surface area contributed by atoms with Crippen molar-refractivity contribution in [3.05, 3.63) is 138 Å². The summed E-state index contributed by atoms with van der Waals surface area (Å²) >= 11 is 0. The molecule has 0 spiro atoms. The van der Waals surface area contributed by atoms with E-state index in [4.69, 9.17) is 15.1 Å². The summed E-state index contributed by atoms with van der Waals surface area (Å²) in [5.74, 6) is 2.46. The highest BCUT2D eigenvalue weighted by Crippen LogP contribution is 2.33. The lowest BCUT2D eigenvalue weighted by atomic mass is 9.96. The van der Waals surface area contributed by atoms with Crippen LogP contribution in [0.4, 0.5) is 17.5 Å². The second kappa shape index (κ2) is 11.5. The van der Waals surface area contributed by atoms with Crippen molar-refractivity contribution in [1.29, 1.82) is 0 Å².